The van der Waals surface area contributed by atoms with E-state index in [2.05, 4.69) is 4.74 Å². The second-order valence-corrected chi connectivity index (χ2v) is 4.95. The van der Waals surface area contributed by atoms with Gasteiger partial charge in [-0.15, -0.1) is 0 Å². The number of hydrogen-bond acceptors (Lipinski definition) is 3. The summed E-state index contributed by atoms with van der Waals surface area (Å²) in [6.07, 6.45) is 0.244. The maximum absolute atomic E-state index is 10.9. The summed E-state index contributed by atoms with van der Waals surface area (Å²) in [6, 6.07) is 0. The minimum Gasteiger partial charge on any atom is -0.461 e. The van der Waals surface area contributed by atoms with Crippen molar-refractivity contribution in [1.82, 2.24) is 0 Å². The number of carbonyl (C=O) groups is 1. The highest BCUT2D eigenvalue weighted by molar-refractivity contribution is 6.67. The van der Waals surface area contributed by atoms with Gasteiger partial charge < -0.3 is 9.47 Å². The van der Waals surface area contributed by atoms with Crippen LogP contribution >= 0.6 is 34.8 Å². The van der Waals surface area contributed by atoms with Crippen molar-refractivity contribution in [3.05, 3.63) is 0 Å². The fraction of sp³-hybridized carbons (Fsp3) is 0.833. The molecule has 1 saturated heterocycles. The van der Waals surface area contributed by atoms with Gasteiger partial charge in [-0.25, -0.2) is 0 Å². The Labute approximate surface area is 84.9 Å². The van der Waals surface area contributed by atoms with Crippen molar-refractivity contribution in [2.24, 2.45) is 0 Å². The van der Waals surface area contributed by atoms with Gasteiger partial charge in [-0.1, -0.05) is 34.8 Å². The third-order valence-corrected chi connectivity index (χ3v) is 1.52. The molecule has 0 aromatic rings. The number of alkyl halides is 3. The summed E-state index contributed by atoms with van der Waals surface area (Å²) >= 11 is 16.1. The predicted octanol–water partition coefficient (Wildman–Crippen LogP) is 1.69. The van der Waals surface area contributed by atoms with Gasteiger partial charge in [-0.2, -0.15) is 0 Å². The lowest BCUT2D eigenvalue weighted by Gasteiger charge is -2.10. The number of hydrogen-bond donors (Lipinski definition) is 0. The third kappa shape index (κ3) is 5.04. The molecule has 6 heteroatoms. The summed E-state index contributed by atoms with van der Waals surface area (Å²) in [7, 11) is 0. The molecule has 1 fully saturated rings. The standard InChI is InChI=1S/C6H7Cl3O3/c7-6(8,9)3-12-5(10)1-4-2-11-4/h4H,1-3H2/t4-/m1/s1. The number of halogens is 3. The lowest BCUT2D eigenvalue weighted by Crippen LogP contribution is -2.18. The molecule has 0 aromatic carbocycles. The monoisotopic (exact) mass is 232 g/mol. The number of carbonyl (C=O) groups excluding carboxylic acids is 1. The van der Waals surface area contributed by atoms with Crippen molar-refractivity contribution in [2.75, 3.05) is 13.2 Å². The molecule has 70 valence electrons. The zero-order valence-electron chi connectivity index (χ0n) is 6.06. The summed E-state index contributed by atoms with van der Waals surface area (Å²) < 4.78 is 7.93. The number of esters is 1. The normalized spacial score (nSPS) is 22.1. The molecule has 1 aliphatic heterocycles. The van der Waals surface area contributed by atoms with Gasteiger partial charge in [0.15, 0.2) is 0 Å². The third-order valence-electron chi connectivity index (χ3n) is 1.19. The van der Waals surface area contributed by atoms with E-state index >= 15 is 0 Å². The van der Waals surface area contributed by atoms with Gasteiger partial charge in [-0.3, -0.25) is 4.79 Å². The first-order valence-corrected chi connectivity index (χ1v) is 4.45. The molecular formula is C6H7Cl3O3. The average molecular weight is 233 g/mol. The summed E-state index contributed by atoms with van der Waals surface area (Å²) in [6.45, 7) is 0.395. The molecular weight excluding hydrogens is 226 g/mol. The molecule has 0 amide bonds. The predicted molar refractivity (Wildman–Crippen MR) is 45.6 cm³/mol. The van der Waals surface area contributed by atoms with Crippen molar-refractivity contribution in [3.8, 4) is 0 Å². The molecule has 3 nitrogen and oxygen atoms in total. The van der Waals surface area contributed by atoms with Crippen molar-refractivity contribution >= 4 is 40.8 Å². The zero-order valence-corrected chi connectivity index (χ0v) is 8.33. The van der Waals surface area contributed by atoms with Crippen molar-refractivity contribution in [1.29, 1.82) is 0 Å². The lowest BCUT2D eigenvalue weighted by molar-refractivity contribution is -0.143. The number of epoxide rings is 1. The van der Waals surface area contributed by atoms with E-state index in [0.29, 0.717) is 6.61 Å². The first-order chi connectivity index (χ1) is 5.47. The molecule has 0 N–H and O–H groups in total. The van der Waals surface area contributed by atoms with Crippen LogP contribution in [0, 0.1) is 0 Å². The number of ether oxygens (including phenoxy) is 2. The van der Waals surface area contributed by atoms with Crippen LogP contribution in [0.4, 0.5) is 0 Å². The Hall–Kier alpha value is 0.300. The Morgan fingerprint density at radius 1 is 1.58 bits per heavy atom. The van der Waals surface area contributed by atoms with Crippen LogP contribution in [0.1, 0.15) is 6.42 Å². The van der Waals surface area contributed by atoms with Crippen LogP contribution in [-0.2, 0) is 14.3 Å². The van der Waals surface area contributed by atoms with E-state index in [1.165, 1.54) is 0 Å². The van der Waals surface area contributed by atoms with Crippen molar-refractivity contribution < 1.29 is 14.3 Å². The van der Waals surface area contributed by atoms with Crippen LogP contribution in [0.3, 0.4) is 0 Å². The Morgan fingerprint density at radius 3 is 2.58 bits per heavy atom. The Kier molecular flexibility index (Phi) is 3.47. The first-order valence-electron chi connectivity index (χ1n) is 3.31. The topological polar surface area (TPSA) is 38.8 Å². The first kappa shape index (κ1) is 10.4. The van der Waals surface area contributed by atoms with Gasteiger partial charge in [-0.05, 0) is 0 Å². The molecule has 0 bridgehead atoms. The largest absolute Gasteiger partial charge is 0.461 e. The summed E-state index contributed by atoms with van der Waals surface area (Å²) in [5.41, 5.74) is 0. The van der Waals surface area contributed by atoms with E-state index in [4.69, 9.17) is 39.5 Å². The smallest absolute Gasteiger partial charge is 0.308 e. The molecule has 0 unspecified atom stereocenters. The quantitative estimate of drug-likeness (QED) is 0.423. The van der Waals surface area contributed by atoms with Gasteiger partial charge in [0.1, 0.15) is 6.61 Å². The number of rotatable bonds is 3. The second kappa shape index (κ2) is 4.01. The SMILES string of the molecule is O=C(C[C@@H]1CO1)OCC(Cl)(Cl)Cl. The molecule has 1 rings (SSSR count). The van der Waals surface area contributed by atoms with Gasteiger partial charge in [0, 0.05) is 0 Å². The average Bonchev–Trinajstić information content (AvgIpc) is 2.66. The van der Waals surface area contributed by atoms with Crippen LogP contribution < -0.4 is 0 Å². The van der Waals surface area contributed by atoms with E-state index in [1.807, 2.05) is 0 Å². The molecule has 0 saturated carbocycles. The molecule has 0 aliphatic carbocycles. The van der Waals surface area contributed by atoms with Gasteiger partial charge in [0.05, 0.1) is 19.1 Å². The van der Waals surface area contributed by atoms with Gasteiger partial charge in [0.25, 0.3) is 0 Å². The van der Waals surface area contributed by atoms with Crippen LogP contribution in [-0.4, -0.2) is 29.1 Å². The molecule has 0 aromatic heterocycles. The molecule has 1 atom stereocenters. The minimum atomic E-state index is -1.53. The van der Waals surface area contributed by atoms with Gasteiger partial charge >= 0.3 is 5.97 Å². The van der Waals surface area contributed by atoms with Gasteiger partial charge in [0.2, 0.25) is 3.79 Å². The molecule has 0 spiro atoms. The summed E-state index contributed by atoms with van der Waals surface area (Å²) in [5, 5.41) is 0. The highest BCUT2D eigenvalue weighted by Gasteiger charge is 2.28. The van der Waals surface area contributed by atoms with Crippen LogP contribution in [0.5, 0.6) is 0 Å². The fourth-order valence-electron chi connectivity index (χ4n) is 0.593. The van der Waals surface area contributed by atoms with Crippen LogP contribution in [0.15, 0.2) is 0 Å². The summed E-state index contributed by atoms with van der Waals surface area (Å²) in [5.74, 6) is -0.399. The Morgan fingerprint density at radius 2 is 2.17 bits per heavy atom. The van der Waals surface area contributed by atoms with E-state index < -0.39 is 9.76 Å². The van der Waals surface area contributed by atoms with Crippen molar-refractivity contribution in [2.45, 2.75) is 16.3 Å². The lowest BCUT2D eigenvalue weighted by atomic mass is 10.3. The zero-order chi connectivity index (χ0) is 9.19. The molecule has 12 heavy (non-hydrogen) atoms. The second-order valence-electron chi connectivity index (χ2n) is 2.44. The maximum Gasteiger partial charge on any atom is 0.308 e. The van der Waals surface area contributed by atoms with E-state index in [-0.39, 0.29) is 19.1 Å². The van der Waals surface area contributed by atoms with Crippen LogP contribution in [0.2, 0.25) is 0 Å². The fourth-order valence-corrected chi connectivity index (χ4v) is 0.757. The molecule has 1 heterocycles. The summed E-state index contributed by atoms with van der Waals surface area (Å²) in [4.78, 5) is 10.9. The van der Waals surface area contributed by atoms with E-state index in [1.54, 1.807) is 0 Å². The molecule has 1 aliphatic rings. The maximum atomic E-state index is 10.9. The van der Waals surface area contributed by atoms with Crippen molar-refractivity contribution in [3.63, 3.8) is 0 Å². The van der Waals surface area contributed by atoms with E-state index in [0.717, 1.165) is 0 Å². The Balaban J connectivity index is 2.09. The highest BCUT2D eigenvalue weighted by Crippen LogP contribution is 2.26. The van der Waals surface area contributed by atoms with Crippen LogP contribution in [0.25, 0.3) is 0 Å². The molecule has 0 radical (unpaired) electrons. The minimum absolute atomic E-state index is 0.00729. The highest BCUT2D eigenvalue weighted by atomic mass is 35.6. The van der Waals surface area contributed by atoms with E-state index in [9.17, 15) is 4.79 Å². The Bertz CT molecular complexity index is 173.